The Bertz CT molecular complexity index is 856. The van der Waals surface area contributed by atoms with Gasteiger partial charge in [0.05, 0.1) is 4.88 Å². The summed E-state index contributed by atoms with van der Waals surface area (Å²) in [5, 5.41) is 6.68. The van der Waals surface area contributed by atoms with Gasteiger partial charge in [0, 0.05) is 11.8 Å². The van der Waals surface area contributed by atoms with Gasteiger partial charge in [-0.25, -0.2) is 13.6 Å². The standard InChI is InChI=1S/C19H20F2N2O4S/c1-10(2)16(23-18(25)15-5-4-8-28-15)19(26)27-11(3)17(24)22-12-6-7-13(20)14(21)9-12/h4-11,16H,1-3H3,(H,22,24)(H,23,25)/t11-,16+/m1/s1. The van der Waals surface area contributed by atoms with Gasteiger partial charge in [0.25, 0.3) is 11.8 Å². The van der Waals surface area contributed by atoms with Crippen LogP contribution in [-0.4, -0.2) is 29.9 Å². The predicted octanol–water partition coefficient (Wildman–Crippen LogP) is 3.35. The highest BCUT2D eigenvalue weighted by molar-refractivity contribution is 7.12. The number of amides is 2. The van der Waals surface area contributed by atoms with Crippen molar-refractivity contribution in [2.24, 2.45) is 5.92 Å². The third-order valence-corrected chi connectivity index (χ3v) is 4.67. The molecule has 2 rings (SSSR count). The van der Waals surface area contributed by atoms with E-state index in [-0.39, 0.29) is 11.6 Å². The van der Waals surface area contributed by atoms with E-state index in [2.05, 4.69) is 10.6 Å². The molecule has 1 heterocycles. The lowest BCUT2D eigenvalue weighted by Gasteiger charge is -2.22. The predicted molar refractivity (Wildman–Crippen MR) is 101 cm³/mol. The topological polar surface area (TPSA) is 84.5 Å². The SMILES string of the molecule is CC(C)[C@H](NC(=O)c1cccs1)C(=O)O[C@H](C)C(=O)Nc1ccc(F)c(F)c1. The van der Waals surface area contributed by atoms with Gasteiger partial charge >= 0.3 is 5.97 Å². The molecule has 0 saturated carbocycles. The van der Waals surface area contributed by atoms with Crippen molar-refractivity contribution in [3.05, 3.63) is 52.2 Å². The van der Waals surface area contributed by atoms with Crippen molar-refractivity contribution in [1.82, 2.24) is 5.32 Å². The fourth-order valence-electron chi connectivity index (χ4n) is 2.24. The summed E-state index contributed by atoms with van der Waals surface area (Å²) < 4.78 is 31.3. The van der Waals surface area contributed by atoms with Crippen molar-refractivity contribution in [1.29, 1.82) is 0 Å². The van der Waals surface area contributed by atoms with Gasteiger partial charge in [-0.05, 0) is 36.4 Å². The summed E-state index contributed by atoms with van der Waals surface area (Å²) in [6.45, 7) is 4.80. The summed E-state index contributed by atoms with van der Waals surface area (Å²) in [5.74, 6) is -4.33. The fraction of sp³-hybridized carbons (Fsp3) is 0.316. The molecule has 2 atom stereocenters. The number of esters is 1. The molecule has 2 N–H and O–H groups in total. The number of thiophene rings is 1. The average molecular weight is 410 g/mol. The molecule has 0 fully saturated rings. The second kappa shape index (κ2) is 9.41. The van der Waals surface area contributed by atoms with Gasteiger partial charge in [0.2, 0.25) is 0 Å². The number of hydrogen-bond donors (Lipinski definition) is 2. The zero-order valence-corrected chi connectivity index (χ0v) is 16.3. The van der Waals surface area contributed by atoms with Gasteiger partial charge in [0.15, 0.2) is 17.7 Å². The van der Waals surface area contributed by atoms with E-state index in [1.807, 2.05) is 0 Å². The molecule has 150 valence electrons. The number of rotatable bonds is 7. The van der Waals surface area contributed by atoms with Crippen LogP contribution >= 0.6 is 11.3 Å². The second-order valence-corrected chi connectivity index (χ2v) is 7.32. The van der Waals surface area contributed by atoms with Crippen molar-refractivity contribution in [3.63, 3.8) is 0 Å². The molecule has 0 aliphatic heterocycles. The number of anilines is 1. The Balaban J connectivity index is 1.98. The lowest BCUT2D eigenvalue weighted by molar-refractivity contribution is -0.156. The summed E-state index contributed by atoms with van der Waals surface area (Å²) in [7, 11) is 0. The smallest absolute Gasteiger partial charge is 0.329 e. The molecule has 0 saturated heterocycles. The maximum absolute atomic E-state index is 13.2. The summed E-state index contributed by atoms with van der Waals surface area (Å²) in [6, 6.07) is 5.26. The first kappa shape index (κ1) is 21.5. The number of halogens is 2. The Kier molecular flexibility index (Phi) is 7.22. The van der Waals surface area contributed by atoms with E-state index in [4.69, 9.17) is 4.74 Å². The molecule has 0 aliphatic carbocycles. The minimum Gasteiger partial charge on any atom is -0.451 e. The summed E-state index contributed by atoms with van der Waals surface area (Å²) in [4.78, 5) is 37.2. The van der Waals surface area contributed by atoms with E-state index in [1.165, 1.54) is 24.3 Å². The van der Waals surface area contributed by atoms with E-state index in [0.717, 1.165) is 12.1 Å². The minimum absolute atomic E-state index is 0.0261. The van der Waals surface area contributed by atoms with Gasteiger partial charge in [-0.2, -0.15) is 0 Å². The monoisotopic (exact) mass is 410 g/mol. The van der Waals surface area contributed by atoms with Crippen LogP contribution in [0, 0.1) is 17.6 Å². The molecule has 1 aromatic carbocycles. The summed E-state index contributed by atoms with van der Waals surface area (Å²) in [6.07, 6.45) is -1.21. The van der Waals surface area contributed by atoms with E-state index in [0.29, 0.717) is 4.88 Å². The van der Waals surface area contributed by atoms with Gasteiger partial charge in [0.1, 0.15) is 6.04 Å². The van der Waals surface area contributed by atoms with Crippen molar-refractivity contribution < 1.29 is 27.9 Å². The van der Waals surface area contributed by atoms with Crippen LogP contribution in [0.3, 0.4) is 0 Å². The van der Waals surface area contributed by atoms with Crippen LogP contribution in [0.1, 0.15) is 30.4 Å². The molecule has 9 heteroatoms. The highest BCUT2D eigenvalue weighted by Gasteiger charge is 2.29. The molecular weight excluding hydrogens is 390 g/mol. The maximum Gasteiger partial charge on any atom is 0.329 e. The van der Waals surface area contributed by atoms with Crippen LogP contribution in [0.4, 0.5) is 14.5 Å². The van der Waals surface area contributed by atoms with E-state index in [9.17, 15) is 23.2 Å². The minimum atomic E-state index is -1.21. The Morgan fingerprint density at radius 3 is 2.36 bits per heavy atom. The second-order valence-electron chi connectivity index (χ2n) is 6.37. The Labute approximate surface area is 164 Å². The number of carbonyl (C=O) groups excluding carboxylic acids is 3. The average Bonchev–Trinajstić information content (AvgIpc) is 3.16. The fourth-order valence-corrected chi connectivity index (χ4v) is 2.86. The van der Waals surface area contributed by atoms with Gasteiger partial charge in [-0.15, -0.1) is 11.3 Å². The normalized spacial score (nSPS) is 12.9. The van der Waals surface area contributed by atoms with Gasteiger partial charge in [-0.3, -0.25) is 9.59 Å². The van der Waals surface area contributed by atoms with Crippen molar-refractivity contribution >= 4 is 34.8 Å². The number of benzene rings is 1. The summed E-state index contributed by atoms with van der Waals surface area (Å²) in [5.41, 5.74) is 0.0261. The van der Waals surface area contributed by atoms with Gasteiger partial charge < -0.3 is 15.4 Å². The quantitative estimate of drug-likeness (QED) is 0.686. The van der Waals surface area contributed by atoms with E-state index < -0.39 is 41.6 Å². The molecule has 6 nitrogen and oxygen atoms in total. The Morgan fingerprint density at radius 2 is 1.79 bits per heavy atom. The van der Waals surface area contributed by atoms with E-state index in [1.54, 1.807) is 31.4 Å². The third kappa shape index (κ3) is 5.59. The van der Waals surface area contributed by atoms with Crippen LogP contribution in [-0.2, 0) is 14.3 Å². The van der Waals surface area contributed by atoms with Crippen molar-refractivity contribution in [3.8, 4) is 0 Å². The summed E-state index contributed by atoms with van der Waals surface area (Å²) >= 11 is 1.23. The lowest BCUT2D eigenvalue weighted by Crippen LogP contribution is -2.47. The van der Waals surface area contributed by atoms with Crippen molar-refractivity contribution in [2.45, 2.75) is 32.9 Å². The Hall–Kier alpha value is -2.81. The van der Waals surface area contributed by atoms with Crippen LogP contribution in [0.5, 0.6) is 0 Å². The molecule has 2 amide bonds. The Morgan fingerprint density at radius 1 is 1.07 bits per heavy atom. The highest BCUT2D eigenvalue weighted by atomic mass is 32.1. The maximum atomic E-state index is 13.2. The van der Waals surface area contributed by atoms with Crippen molar-refractivity contribution in [2.75, 3.05) is 5.32 Å². The number of hydrogen-bond acceptors (Lipinski definition) is 5. The largest absolute Gasteiger partial charge is 0.451 e. The first-order chi connectivity index (χ1) is 13.2. The van der Waals surface area contributed by atoms with Crippen LogP contribution in [0.2, 0.25) is 0 Å². The molecule has 0 aliphatic rings. The molecule has 1 aromatic heterocycles. The lowest BCUT2D eigenvalue weighted by atomic mass is 10.0. The number of nitrogens with one attached hydrogen (secondary N) is 2. The first-order valence-corrected chi connectivity index (χ1v) is 9.37. The number of carbonyl (C=O) groups is 3. The molecule has 0 spiro atoms. The number of ether oxygens (including phenoxy) is 1. The first-order valence-electron chi connectivity index (χ1n) is 8.49. The molecule has 2 aromatic rings. The molecule has 0 radical (unpaired) electrons. The zero-order chi connectivity index (χ0) is 20.8. The van der Waals surface area contributed by atoms with Crippen LogP contribution in [0.15, 0.2) is 35.7 Å². The highest BCUT2D eigenvalue weighted by Crippen LogP contribution is 2.15. The van der Waals surface area contributed by atoms with Crippen LogP contribution in [0.25, 0.3) is 0 Å². The van der Waals surface area contributed by atoms with E-state index >= 15 is 0 Å². The molecular formula is C19H20F2N2O4S. The molecule has 0 unspecified atom stereocenters. The van der Waals surface area contributed by atoms with Gasteiger partial charge in [-0.1, -0.05) is 19.9 Å². The zero-order valence-electron chi connectivity index (χ0n) is 15.5. The van der Waals surface area contributed by atoms with Crippen LogP contribution < -0.4 is 10.6 Å². The molecule has 0 bridgehead atoms. The third-order valence-electron chi connectivity index (χ3n) is 3.80. The molecule has 28 heavy (non-hydrogen) atoms.